The van der Waals surface area contributed by atoms with Gasteiger partial charge in [-0.2, -0.15) is 0 Å². The molecule has 0 spiro atoms. The highest BCUT2D eigenvalue weighted by atomic mass is 16.5. The summed E-state index contributed by atoms with van der Waals surface area (Å²) in [6.07, 6.45) is 3.79. The van der Waals surface area contributed by atoms with Gasteiger partial charge in [-0.1, -0.05) is 25.0 Å². The Labute approximate surface area is 131 Å². The second-order valence-corrected chi connectivity index (χ2v) is 5.80. The van der Waals surface area contributed by atoms with Gasteiger partial charge in [0.15, 0.2) is 0 Å². The van der Waals surface area contributed by atoms with Crippen LogP contribution in [0.3, 0.4) is 0 Å². The van der Waals surface area contributed by atoms with Crippen molar-refractivity contribution in [2.45, 2.75) is 57.2 Å². The zero-order chi connectivity index (χ0) is 15.9. The molecular formula is C17H25NO4. The van der Waals surface area contributed by atoms with E-state index in [2.05, 4.69) is 5.32 Å². The van der Waals surface area contributed by atoms with Crippen molar-refractivity contribution in [2.24, 2.45) is 0 Å². The minimum absolute atomic E-state index is 0.0692. The number of rotatable bonds is 6. The summed E-state index contributed by atoms with van der Waals surface area (Å²) in [5.41, 5.74) is 0.939. The van der Waals surface area contributed by atoms with E-state index in [1.54, 1.807) is 31.2 Å². The van der Waals surface area contributed by atoms with E-state index < -0.39 is 12.1 Å². The summed E-state index contributed by atoms with van der Waals surface area (Å²) in [5.74, 6) is -0.0968. The molecule has 0 aliphatic heterocycles. The van der Waals surface area contributed by atoms with Gasteiger partial charge < -0.3 is 14.9 Å². The van der Waals surface area contributed by atoms with Crippen molar-refractivity contribution < 1.29 is 19.7 Å². The first-order valence-corrected chi connectivity index (χ1v) is 7.98. The lowest BCUT2D eigenvalue weighted by Gasteiger charge is -2.31. The molecule has 5 heteroatoms. The van der Waals surface area contributed by atoms with Crippen LogP contribution in [0.25, 0.3) is 0 Å². The van der Waals surface area contributed by atoms with Crippen LogP contribution < -0.4 is 5.32 Å². The van der Waals surface area contributed by atoms with Crippen molar-refractivity contribution in [2.75, 3.05) is 6.61 Å². The lowest BCUT2D eigenvalue weighted by Crippen LogP contribution is -2.51. The Morgan fingerprint density at radius 2 is 2.00 bits per heavy atom. The molecule has 3 N–H and O–H groups in total. The molecule has 0 unspecified atom stereocenters. The van der Waals surface area contributed by atoms with Gasteiger partial charge in [-0.15, -0.1) is 0 Å². The van der Waals surface area contributed by atoms with Crippen LogP contribution in [0, 0.1) is 0 Å². The zero-order valence-electron chi connectivity index (χ0n) is 13.0. The van der Waals surface area contributed by atoms with Crippen molar-refractivity contribution in [3.8, 4) is 5.75 Å². The smallest absolute Gasteiger partial charge is 0.323 e. The summed E-state index contributed by atoms with van der Waals surface area (Å²) < 4.78 is 5.14. The highest BCUT2D eigenvalue weighted by molar-refractivity contribution is 5.76. The number of carbonyl (C=O) groups is 1. The Kier molecular flexibility index (Phi) is 6.21. The number of esters is 1. The number of carbonyl (C=O) groups excluding carboxylic acids is 1. The molecule has 2 rings (SSSR count). The van der Waals surface area contributed by atoms with Crippen LogP contribution in [0.15, 0.2) is 24.3 Å². The predicted octanol–water partition coefficient (Wildman–Crippen LogP) is 1.76. The van der Waals surface area contributed by atoms with Crippen LogP contribution in [-0.4, -0.2) is 41.0 Å². The first-order valence-electron chi connectivity index (χ1n) is 7.98. The molecular weight excluding hydrogens is 282 g/mol. The number of phenolic OH excluding ortho intramolecular Hbond substituents is 1. The van der Waals surface area contributed by atoms with Gasteiger partial charge in [0.05, 0.1) is 12.7 Å². The summed E-state index contributed by atoms with van der Waals surface area (Å²) >= 11 is 0. The van der Waals surface area contributed by atoms with Crippen molar-refractivity contribution in [3.63, 3.8) is 0 Å². The van der Waals surface area contributed by atoms with Crippen molar-refractivity contribution in [1.82, 2.24) is 5.32 Å². The van der Waals surface area contributed by atoms with E-state index in [1.807, 2.05) is 0 Å². The lowest BCUT2D eigenvalue weighted by atomic mass is 9.91. The summed E-state index contributed by atoms with van der Waals surface area (Å²) in [6.45, 7) is 2.12. The van der Waals surface area contributed by atoms with Gasteiger partial charge in [-0.05, 0) is 43.9 Å². The highest BCUT2D eigenvalue weighted by Gasteiger charge is 2.29. The summed E-state index contributed by atoms with van der Waals surface area (Å²) in [5, 5.41) is 22.7. The van der Waals surface area contributed by atoms with E-state index >= 15 is 0 Å². The Bertz CT molecular complexity index is 474. The zero-order valence-corrected chi connectivity index (χ0v) is 13.0. The van der Waals surface area contributed by atoms with E-state index in [4.69, 9.17) is 4.74 Å². The molecule has 5 nitrogen and oxygen atoms in total. The minimum Gasteiger partial charge on any atom is -0.508 e. The molecule has 0 amide bonds. The van der Waals surface area contributed by atoms with Crippen LogP contribution in [-0.2, 0) is 16.0 Å². The largest absolute Gasteiger partial charge is 0.508 e. The van der Waals surface area contributed by atoms with Crippen molar-refractivity contribution >= 4 is 5.97 Å². The number of aromatic hydroxyl groups is 1. The van der Waals surface area contributed by atoms with Crippen LogP contribution in [0.4, 0.5) is 0 Å². The summed E-state index contributed by atoms with van der Waals surface area (Å²) in [7, 11) is 0. The molecule has 1 saturated carbocycles. The van der Waals surface area contributed by atoms with E-state index in [0.717, 1.165) is 31.2 Å². The Balaban J connectivity index is 2.04. The fourth-order valence-electron chi connectivity index (χ4n) is 2.89. The highest BCUT2D eigenvalue weighted by Crippen LogP contribution is 2.20. The van der Waals surface area contributed by atoms with Gasteiger partial charge in [0.1, 0.15) is 11.8 Å². The first-order chi connectivity index (χ1) is 10.6. The van der Waals surface area contributed by atoms with Crippen LogP contribution in [0.1, 0.15) is 38.2 Å². The van der Waals surface area contributed by atoms with Crippen molar-refractivity contribution in [3.05, 3.63) is 29.8 Å². The van der Waals surface area contributed by atoms with Gasteiger partial charge in [-0.25, -0.2) is 0 Å². The van der Waals surface area contributed by atoms with E-state index in [0.29, 0.717) is 13.0 Å². The number of hydrogen-bond acceptors (Lipinski definition) is 5. The van der Waals surface area contributed by atoms with Gasteiger partial charge in [-0.3, -0.25) is 10.1 Å². The molecule has 0 radical (unpaired) electrons. The topological polar surface area (TPSA) is 78.8 Å². The van der Waals surface area contributed by atoms with E-state index in [-0.39, 0.29) is 17.8 Å². The molecule has 1 fully saturated rings. The molecule has 0 bridgehead atoms. The first kappa shape index (κ1) is 16.8. The summed E-state index contributed by atoms with van der Waals surface area (Å²) in [4.78, 5) is 12.2. The second kappa shape index (κ2) is 8.15. The number of aliphatic hydroxyl groups is 1. The molecule has 1 aliphatic carbocycles. The molecule has 3 atom stereocenters. The van der Waals surface area contributed by atoms with Crippen LogP contribution in [0.5, 0.6) is 5.75 Å². The Hall–Kier alpha value is -1.59. The number of hydrogen-bond donors (Lipinski definition) is 3. The van der Waals surface area contributed by atoms with Crippen molar-refractivity contribution in [1.29, 1.82) is 0 Å². The maximum absolute atomic E-state index is 12.2. The van der Waals surface area contributed by atoms with Gasteiger partial charge in [0.2, 0.25) is 0 Å². The van der Waals surface area contributed by atoms with Gasteiger partial charge in [0.25, 0.3) is 0 Å². The number of nitrogens with one attached hydrogen (secondary N) is 1. The molecule has 0 aromatic heterocycles. The number of phenols is 1. The third kappa shape index (κ3) is 4.71. The number of ether oxygens (including phenoxy) is 1. The average Bonchev–Trinajstić information content (AvgIpc) is 2.51. The standard InChI is InChI=1S/C17H25NO4/c1-2-22-17(21)15(11-12-7-9-13(19)10-8-12)18-14-5-3-4-6-16(14)20/h7-10,14-16,18-20H,2-6,11H2,1H3/t14-,15-,16+/m0/s1. The molecule has 0 saturated heterocycles. The fraction of sp³-hybridized carbons (Fsp3) is 0.588. The SMILES string of the molecule is CCOC(=O)[C@H](Cc1ccc(O)cc1)N[C@H]1CCCC[C@H]1O. The van der Waals surface area contributed by atoms with E-state index in [1.165, 1.54) is 0 Å². The lowest BCUT2D eigenvalue weighted by molar-refractivity contribution is -0.146. The average molecular weight is 307 g/mol. The second-order valence-electron chi connectivity index (χ2n) is 5.80. The van der Waals surface area contributed by atoms with Crippen LogP contribution >= 0.6 is 0 Å². The Morgan fingerprint density at radius 3 is 2.64 bits per heavy atom. The van der Waals surface area contributed by atoms with Crippen LogP contribution in [0.2, 0.25) is 0 Å². The molecule has 1 aromatic carbocycles. The van der Waals surface area contributed by atoms with E-state index in [9.17, 15) is 15.0 Å². The quantitative estimate of drug-likeness (QED) is 0.698. The molecule has 1 aromatic rings. The number of benzene rings is 1. The summed E-state index contributed by atoms with van der Waals surface area (Å²) in [6, 6.07) is 6.24. The molecule has 22 heavy (non-hydrogen) atoms. The predicted molar refractivity (Wildman–Crippen MR) is 83.6 cm³/mol. The van der Waals surface area contributed by atoms with Gasteiger partial charge >= 0.3 is 5.97 Å². The monoisotopic (exact) mass is 307 g/mol. The maximum atomic E-state index is 12.2. The van der Waals surface area contributed by atoms with Gasteiger partial charge in [0, 0.05) is 6.04 Å². The molecule has 0 heterocycles. The number of aliphatic hydroxyl groups excluding tert-OH is 1. The maximum Gasteiger partial charge on any atom is 0.323 e. The molecule has 1 aliphatic rings. The normalized spacial score (nSPS) is 23.0. The fourth-order valence-corrected chi connectivity index (χ4v) is 2.89. The molecule has 122 valence electrons. The third-order valence-corrected chi connectivity index (χ3v) is 4.09. The third-order valence-electron chi connectivity index (χ3n) is 4.09. The minimum atomic E-state index is -0.484. The Morgan fingerprint density at radius 1 is 1.32 bits per heavy atom.